The van der Waals surface area contributed by atoms with Crippen LogP contribution in [0.1, 0.15) is 27.2 Å². The topological polar surface area (TPSA) is 82.1 Å². The van der Waals surface area contributed by atoms with E-state index in [-0.39, 0.29) is 28.6 Å². The molecule has 2 rings (SSSR count). The Bertz CT molecular complexity index is 469. The number of ether oxygens (including phenoxy) is 3. The quantitative estimate of drug-likeness (QED) is 0.417. The highest BCUT2D eigenvalue weighted by Gasteiger charge is 2.43. The van der Waals surface area contributed by atoms with Gasteiger partial charge in [0.25, 0.3) is 0 Å². The summed E-state index contributed by atoms with van der Waals surface area (Å²) in [6.45, 7) is 5.16. The Hall–Kier alpha value is -0.670. The summed E-state index contributed by atoms with van der Waals surface area (Å²) in [6.07, 6.45) is 1.68. The van der Waals surface area contributed by atoms with Crippen LogP contribution in [0.4, 0.5) is 0 Å². The lowest BCUT2D eigenvalue weighted by molar-refractivity contribution is -0.160. The third kappa shape index (κ3) is 4.20. The zero-order valence-corrected chi connectivity index (χ0v) is 15.0. The number of carbonyl (C=O) groups is 2. The molecule has 0 saturated carbocycles. The van der Waals surface area contributed by atoms with Crippen LogP contribution < -0.4 is 0 Å². The van der Waals surface area contributed by atoms with Gasteiger partial charge in [0.2, 0.25) is 0 Å². The van der Waals surface area contributed by atoms with Gasteiger partial charge in [0, 0.05) is 10.0 Å². The van der Waals surface area contributed by atoms with Crippen molar-refractivity contribution in [1.82, 2.24) is 0 Å². The van der Waals surface area contributed by atoms with Crippen molar-refractivity contribution in [1.29, 1.82) is 0 Å². The van der Waals surface area contributed by atoms with E-state index in [1.807, 2.05) is 0 Å². The van der Waals surface area contributed by atoms with Crippen molar-refractivity contribution in [3.8, 4) is 0 Å². The van der Waals surface area contributed by atoms with Gasteiger partial charge in [0.1, 0.15) is 18.8 Å². The lowest BCUT2D eigenvalue weighted by atomic mass is 9.97. The van der Waals surface area contributed by atoms with Crippen molar-refractivity contribution in [2.45, 2.75) is 55.5 Å². The Morgan fingerprint density at radius 2 is 2.23 bits per heavy atom. The smallest absolute Gasteiger partial charge is 0.331 e. The summed E-state index contributed by atoms with van der Waals surface area (Å²) >= 11 is 2.20. The number of rotatable bonds is 4. The van der Waals surface area contributed by atoms with Crippen LogP contribution in [0.3, 0.4) is 0 Å². The number of cyclic esters (lactones) is 1. The van der Waals surface area contributed by atoms with E-state index >= 15 is 0 Å². The molecule has 1 fully saturated rings. The Morgan fingerprint density at radius 3 is 2.77 bits per heavy atom. The largest absolute Gasteiger partial charge is 0.462 e. The number of aliphatic hydroxyl groups excluding tert-OH is 1. The molecule has 5 atom stereocenters. The summed E-state index contributed by atoms with van der Waals surface area (Å²) in [5.74, 6) is -0.736. The van der Waals surface area contributed by atoms with E-state index in [0.29, 0.717) is 6.42 Å². The highest BCUT2D eigenvalue weighted by atomic mass is 127. The zero-order valence-electron chi connectivity index (χ0n) is 12.8. The van der Waals surface area contributed by atoms with E-state index in [0.717, 1.165) is 0 Å². The average molecular weight is 424 g/mol. The number of carbonyl (C=O) groups excluding carboxylic acids is 2. The van der Waals surface area contributed by atoms with Crippen molar-refractivity contribution in [2.24, 2.45) is 5.41 Å². The zero-order chi connectivity index (χ0) is 16.5. The second kappa shape index (κ2) is 6.84. The predicted octanol–water partition coefficient (Wildman–Crippen LogP) is 1.38. The minimum Gasteiger partial charge on any atom is -0.462 e. The maximum absolute atomic E-state index is 11.7. The van der Waals surface area contributed by atoms with E-state index in [4.69, 9.17) is 14.2 Å². The van der Waals surface area contributed by atoms with Gasteiger partial charge in [0.15, 0.2) is 0 Å². The molecule has 0 amide bonds. The van der Waals surface area contributed by atoms with Crippen LogP contribution in [0.25, 0.3) is 0 Å². The molecule has 6 nitrogen and oxygen atoms in total. The van der Waals surface area contributed by atoms with Gasteiger partial charge in [-0.1, -0.05) is 22.6 Å². The molecule has 22 heavy (non-hydrogen) atoms. The first-order chi connectivity index (χ1) is 10.2. The molecular formula is C15H21IO6. The second-order valence-electron chi connectivity index (χ2n) is 6.57. The van der Waals surface area contributed by atoms with Gasteiger partial charge in [0.05, 0.1) is 17.6 Å². The standard InChI is InChI=1S/C15H21IO6/c1-15(2,3)14(19)20-7-9(17)13-8(16)6-11(22-13)10-4-5-12(18)21-10/h4-5,8-11,13,17H,6-7H2,1-3H3/t8-,9+,10-,11+,13+/m0/s1. The Labute approximate surface area is 143 Å². The SMILES string of the molecule is CC(C)(C)C(=O)OC[C@@H](O)[C@@H]1O[C@@H]([C@@H]2C=CC(=O)O2)C[C@@H]1I. The van der Waals surface area contributed by atoms with E-state index in [9.17, 15) is 14.7 Å². The fourth-order valence-electron chi connectivity index (χ4n) is 2.30. The van der Waals surface area contributed by atoms with Crippen LogP contribution in [0.5, 0.6) is 0 Å². The highest BCUT2D eigenvalue weighted by Crippen LogP contribution is 2.33. The van der Waals surface area contributed by atoms with Gasteiger partial charge in [-0.3, -0.25) is 4.79 Å². The average Bonchev–Trinajstić information content (AvgIpc) is 3.00. The van der Waals surface area contributed by atoms with Gasteiger partial charge in [-0.15, -0.1) is 0 Å². The number of aliphatic hydroxyl groups is 1. The van der Waals surface area contributed by atoms with Crippen molar-refractivity contribution >= 4 is 34.5 Å². The van der Waals surface area contributed by atoms with Gasteiger partial charge >= 0.3 is 11.9 Å². The molecule has 7 heteroatoms. The molecule has 0 bridgehead atoms. The lowest BCUT2D eigenvalue weighted by Crippen LogP contribution is -2.38. The molecular weight excluding hydrogens is 403 g/mol. The molecule has 0 aromatic rings. The fourth-order valence-corrected chi connectivity index (χ4v) is 3.45. The van der Waals surface area contributed by atoms with Gasteiger partial charge < -0.3 is 19.3 Å². The van der Waals surface area contributed by atoms with Crippen molar-refractivity contribution in [3.63, 3.8) is 0 Å². The summed E-state index contributed by atoms with van der Waals surface area (Å²) in [5.41, 5.74) is -0.606. The normalized spacial score (nSPS) is 32.9. The molecule has 1 saturated heterocycles. The van der Waals surface area contributed by atoms with Crippen LogP contribution in [0.15, 0.2) is 12.2 Å². The third-order valence-electron chi connectivity index (χ3n) is 3.56. The van der Waals surface area contributed by atoms with E-state index in [2.05, 4.69) is 22.6 Å². The highest BCUT2D eigenvalue weighted by molar-refractivity contribution is 14.1. The van der Waals surface area contributed by atoms with Gasteiger partial charge in [-0.25, -0.2) is 4.79 Å². The van der Waals surface area contributed by atoms with Gasteiger partial charge in [-0.05, 0) is 33.3 Å². The Kier molecular flexibility index (Phi) is 5.50. The van der Waals surface area contributed by atoms with Gasteiger partial charge in [-0.2, -0.15) is 0 Å². The summed E-state index contributed by atoms with van der Waals surface area (Å²) in [4.78, 5) is 22.8. The molecule has 2 aliphatic heterocycles. The van der Waals surface area contributed by atoms with Crippen molar-refractivity contribution in [2.75, 3.05) is 6.61 Å². The molecule has 0 unspecified atom stereocenters. The van der Waals surface area contributed by atoms with Crippen LogP contribution in [-0.4, -0.2) is 52.0 Å². The first-order valence-corrected chi connectivity index (χ1v) is 8.46. The second-order valence-corrected chi connectivity index (χ2v) is 8.17. The minimum absolute atomic E-state index is 0.0543. The minimum atomic E-state index is -0.903. The lowest BCUT2D eigenvalue weighted by Gasteiger charge is -2.24. The first kappa shape index (κ1) is 17.7. The van der Waals surface area contributed by atoms with Crippen LogP contribution in [0.2, 0.25) is 0 Å². The van der Waals surface area contributed by atoms with Crippen molar-refractivity contribution < 1.29 is 28.9 Å². The number of hydrogen-bond donors (Lipinski definition) is 1. The molecule has 0 spiro atoms. The van der Waals surface area contributed by atoms with Crippen molar-refractivity contribution in [3.05, 3.63) is 12.2 Å². The van der Waals surface area contributed by atoms with E-state index in [1.165, 1.54) is 6.08 Å². The maximum Gasteiger partial charge on any atom is 0.331 e. The molecule has 1 N–H and O–H groups in total. The fraction of sp³-hybridized carbons (Fsp3) is 0.733. The summed E-state index contributed by atoms with van der Waals surface area (Å²) < 4.78 is 16.1. The summed E-state index contributed by atoms with van der Waals surface area (Å²) in [5, 5.41) is 10.2. The summed E-state index contributed by atoms with van der Waals surface area (Å²) in [6, 6.07) is 0. The molecule has 0 aromatic carbocycles. The summed E-state index contributed by atoms with van der Waals surface area (Å²) in [7, 11) is 0. The molecule has 0 radical (unpaired) electrons. The maximum atomic E-state index is 11.7. The van der Waals surface area contributed by atoms with Crippen LogP contribution in [0, 0.1) is 5.41 Å². The monoisotopic (exact) mass is 424 g/mol. The Morgan fingerprint density at radius 1 is 1.55 bits per heavy atom. The van der Waals surface area contributed by atoms with E-state index < -0.39 is 23.7 Å². The third-order valence-corrected chi connectivity index (χ3v) is 4.78. The molecule has 0 aromatic heterocycles. The molecule has 2 heterocycles. The van der Waals surface area contributed by atoms with Crippen LogP contribution in [-0.2, 0) is 23.8 Å². The predicted molar refractivity (Wildman–Crippen MR) is 86.5 cm³/mol. The number of hydrogen-bond acceptors (Lipinski definition) is 6. The Balaban J connectivity index is 1.85. The molecule has 0 aliphatic carbocycles. The van der Waals surface area contributed by atoms with Crippen LogP contribution >= 0.6 is 22.6 Å². The molecule has 2 aliphatic rings. The van der Waals surface area contributed by atoms with E-state index in [1.54, 1.807) is 26.8 Å². The number of halogens is 1. The molecule has 124 valence electrons. The number of esters is 2. The first-order valence-electron chi connectivity index (χ1n) is 7.22. The number of alkyl halides is 1.